The predicted molar refractivity (Wildman–Crippen MR) is 108 cm³/mol. The lowest BCUT2D eigenvalue weighted by Crippen LogP contribution is -2.49. The summed E-state index contributed by atoms with van der Waals surface area (Å²) in [4.78, 5) is 26.8. The quantitative estimate of drug-likeness (QED) is 0.663. The van der Waals surface area contributed by atoms with E-state index in [4.69, 9.17) is 9.47 Å². The first-order valence-corrected chi connectivity index (χ1v) is 9.53. The number of amides is 2. The van der Waals surface area contributed by atoms with Gasteiger partial charge < -0.3 is 19.7 Å². The van der Waals surface area contributed by atoms with Gasteiger partial charge >= 0.3 is 0 Å². The fourth-order valence-corrected chi connectivity index (χ4v) is 2.73. The molecular weight excluding hydrogens is 375 g/mol. The summed E-state index contributed by atoms with van der Waals surface area (Å²) >= 11 is 0. The summed E-state index contributed by atoms with van der Waals surface area (Å²) in [6.45, 7) is 4.05. The third-order valence-corrected chi connectivity index (χ3v) is 4.40. The first kappa shape index (κ1) is 22.2. The van der Waals surface area contributed by atoms with Crippen molar-refractivity contribution >= 4 is 11.8 Å². The Hall–Kier alpha value is -3.09. The lowest BCUT2D eigenvalue weighted by Gasteiger charge is -2.28. The van der Waals surface area contributed by atoms with E-state index in [0.717, 1.165) is 6.42 Å². The van der Waals surface area contributed by atoms with E-state index < -0.39 is 6.04 Å². The molecule has 0 bridgehead atoms. The maximum absolute atomic E-state index is 13.2. The van der Waals surface area contributed by atoms with Crippen molar-refractivity contribution in [2.75, 3.05) is 20.3 Å². The number of nitrogens with one attached hydrogen (secondary N) is 1. The van der Waals surface area contributed by atoms with Crippen LogP contribution in [0.1, 0.15) is 25.8 Å². The minimum absolute atomic E-state index is 0.162. The van der Waals surface area contributed by atoms with Gasteiger partial charge in [0, 0.05) is 13.1 Å². The fraction of sp³-hybridized carbons (Fsp3) is 0.364. The summed E-state index contributed by atoms with van der Waals surface area (Å²) in [7, 11) is 1.52. The second-order valence-electron chi connectivity index (χ2n) is 6.55. The molecule has 0 radical (unpaired) electrons. The second-order valence-corrected chi connectivity index (χ2v) is 6.55. The topological polar surface area (TPSA) is 67.9 Å². The number of nitrogens with zero attached hydrogens (tertiary/aromatic N) is 1. The molecule has 2 aromatic carbocycles. The van der Waals surface area contributed by atoms with Crippen molar-refractivity contribution in [3.8, 4) is 11.5 Å². The number of halogens is 1. The average molecular weight is 402 g/mol. The summed E-state index contributed by atoms with van der Waals surface area (Å²) in [6.07, 6.45) is 0.793. The highest BCUT2D eigenvalue weighted by Crippen LogP contribution is 2.25. The van der Waals surface area contributed by atoms with Crippen molar-refractivity contribution in [2.45, 2.75) is 32.9 Å². The molecule has 2 rings (SSSR count). The highest BCUT2D eigenvalue weighted by Gasteiger charge is 2.26. The van der Waals surface area contributed by atoms with Gasteiger partial charge in [-0.2, -0.15) is 0 Å². The molecule has 0 spiro atoms. The first-order chi connectivity index (χ1) is 14.0. The monoisotopic (exact) mass is 402 g/mol. The summed E-state index contributed by atoms with van der Waals surface area (Å²) in [5, 5.41) is 2.80. The molecule has 0 aromatic heterocycles. The van der Waals surface area contributed by atoms with Crippen LogP contribution in [0.15, 0.2) is 48.5 Å². The summed E-state index contributed by atoms with van der Waals surface area (Å²) in [5.41, 5.74) is 0.715. The molecule has 0 aliphatic heterocycles. The molecule has 6 nitrogen and oxygen atoms in total. The zero-order valence-corrected chi connectivity index (χ0v) is 17.0. The van der Waals surface area contributed by atoms with E-state index in [9.17, 15) is 14.0 Å². The smallest absolute Gasteiger partial charge is 0.261 e. The Morgan fingerprint density at radius 2 is 1.76 bits per heavy atom. The van der Waals surface area contributed by atoms with E-state index in [0.29, 0.717) is 23.6 Å². The molecule has 0 heterocycles. The van der Waals surface area contributed by atoms with Crippen LogP contribution in [0.25, 0.3) is 0 Å². The molecule has 1 atom stereocenters. The highest BCUT2D eigenvalue weighted by atomic mass is 19.1. The van der Waals surface area contributed by atoms with Gasteiger partial charge in [0.05, 0.1) is 7.11 Å². The van der Waals surface area contributed by atoms with Gasteiger partial charge in [-0.1, -0.05) is 31.2 Å². The van der Waals surface area contributed by atoms with E-state index >= 15 is 0 Å². The molecule has 0 saturated heterocycles. The minimum atomic E-state index is -0.708. The van der Waals surface area contributed by atoms with Crippen molar-refractivity contribution in [3.05, 3.63) is 59.9 Å². The minimum Gasteiger partial charge on any atom is -0.493 e. The van der Waals surface area contributed by atoms with Crippen LogP contribution >= 0.6 is 0 Å². The summed E-state index contributed by atoms with van der Waals surface area (Å²) in [6, 6.07) is 12.1. The lowest BCUT2D eigenvalue weighted by atomic mass is 10.1. The molecule has 29 heavy (non-hydrogen) atoms. The lowest BCUT2D eigenvalue weighted by molar-refractivity contribution is -0.142. The molecule has 2 amide bonds. The van der Waals surface area contributed by atoms with Crippen LogP contribution in [0.3, 0.4) is 0 Å². The number of hydrogen-bond acceptors (Lipinski definition) is 4. The second kappa shape index (κ2) is 11.0. The Balaban J connectivity index is 2.14. The van der Waals surface area contributed by atoms with Gasteiger partial charge in [0.25, 0.3) is 5.91 Å². The van der Waals surface area contributed by atoms with E-state index in [-0.39, 0.29) is 30.8 Å². The molecule has 7 heteroatoms. The number of para-hydroxylation sites is 2. The van der Waals surface area contributed by atoms with Gasteiger partial charge in [-0.15, -0.1) is 0 Å². The molecule has 2 aromatic rings. The van der Waals surface area contributed by atoms with Crippen LogP contribution in [0.4, 0.5) is 4.39 Å². The third-order valence-electron chi connectivity index (χ3n) is 4.40. The highest BCUT2D eigenvalue weighted by molar-refractivity contribution is 5.88. The number of rotatable bonds is 10. The van der Waals surface area contributed by atoms with Gasteiger partial charge in [-0.25, -0.2) is 4.39 Å². The molecule has 156 valence electrons. The van der Waals surface area contributed by atoms with Crippen LogP contribution in [0.2, 0.25) is 0 Å². The number of ether oxygens (including phenoxy) is 2. The van der Waals surface area contributed by atoms with Crippen LogP contribution in [-0.4, -0.2) is 43.0 Å². The molecule has 0 unspecified atom stereocenters. The Bertz CT molecular complexity index is 811. The Labute approximate surface area is 170 Å². The molecule has 0 aliphatic carbocycles. The number of methoxy groups -OCH3 is 1. The standard InChI is InChI=1S/C22H27FN2O4/c1-4-13-24-22(27)16(2)25(14-17-9-11-18(23)12-10-17)21(26)15-29-20-8-6-5-7-19(20)28-3/h5-12,16H,4,13-15H2,1-3H3,(H,24,27)/t16-/m1/s1. The normalized spacial score (nSPS) is 11.4. The number of benzene rings is 2. The van der Waals surface area contributed by atoms with Gasteiger partial charge in [0.1, 0.15) is 11.9 Å². The molecule has 0 fully saturated rings. The summed E-state index contributed by atoms with van der Waals surface area (Å²) in [5.74, 6) is -0.0221. The predicted octanol–water partition coefficient (Wildman–Crippen LogP) is 3.16. The maximum Gasteiger partial charge on any atom is 0.261 e. The van der Waals surface area contributed by atoms with Gasteiger partial charge in [0.15, 0.2) is 18.1 Å². The van der Waals surface area contributed by atoms with Crippen LogP contribution in [0, 0.1) is 5.82 Å². The Morgan fingerprint density at radius 3 is 2.38 bits per heavy atom. The average Bonchev–Trinajstić information content (AvgIpc) is 2.75. The van der Waals surface area contributed by atoms with Gasteiger partial charge in [-0.3, -0.25) is 9.59 Å². The van der Waals surface area contributed by atoms with E-state index in [1.54, 1.807) is 43.3 Å². The van der Waals surface area contributed by atoms with Crippen molar-refractivity contribution in [3.63, 3.8) is 0 Å². The van der Waals surface area contributed by atoms with Crippen LogP contribution in [0.5, 0.6) is 11.5 Å². The fourth-order valence-electron chi connectivity index (χ4n) is 2.73. The number of carbonyl (C=O) groups is 2. The molecule has 0 aliphatic rings. The number of hydrogen-bond donors (Lipinski definition) is 1. The van der Waals surface area contributed by atoms with Crippen LogP contribution in [-0.2, 0) is 16.1 Å². The third kappa shape index (κ3) is 6.48. The van der Waals surface area contributed by atoms with Crippen molar-refractivity contribution in [1.82, 2.24) is 10.2 Å². The molecule has 1 N–H and O–H groups in total. The van der Waals surface area contributed by atoms with E-state index in [1.165, 1.54) is 24.1 Å². The molecule has 0 saturated carbocycles. The van der Waals surface area contributed by atoms with Gasteiger partial charge in [0.2, 0.25) is 5.91 Å². The van der Waals surface area contributed by atoms with Crippen LogP contribution < -0.4 is 14.8 Å². The number of carbonyl (C=O) groups excluding carboxylic acids is 2. The SMILES string of the molecule is CCCNC(=O)[C@@H](C)N(Cc1ccc(F)cc1)C(=O)COc1ccccc1OC. The van der Waals surface area contributed by atoms with Crippen molar-refractivity contribution in [1.29, 1.82) is 0 Å². The zero-order valence-electron chi connectivity index (χ0n) is 17.0. The Morgan fingerprint density at radius 1 is 1.10 bits per heavy atom. The Kier molecular flexibility index (Phi) is 8.45. The zero-order chi connectivity index (χ0) is 21.2. The first-order valence-electron chi connectivity index (χ1n) is 9.53. The summed E-state index contributed by atoms with van der Waals surface area (Å²) < 4.78 is 24.1. The van der Waals surface area contributed by atoms with Crippen molar-refractivity contribution in [2.24, 2.45) is 0 Å². The van der Waals surface area contributed by atoms with E-state index in [2.05, 4.69) is 5.32 Å². The maximum atomic E-state index is 13.2. The van der Waals surface area contributed by atoms with E-state index in [1.807, 2.05) is 6.92 Å². The largest absolute Gasteiger partial charge is 0.493 e. The van der Waals surface area contributed by atoms with Gasteiger partial charge in [-0.05, 0) is 43.2 Å². The molecular formula is C22H27FN2O4. The van der Waals surface area contributed by atoms with Crippen molar-refractivity contribution < 1.29 is 23.5 Å².